The number of amides is 2. The molecule has 2 unspecified atom stereocenters. The number of aliphatic carboxylic acids is 1. The van der Waals surface area contributed by atoms with Crippen molar-refractivity contribution in [2.75, 3.05) is 37.8 Å². The second kappa shape index (κ2) is 28.1. The number of aliphatic hydroxyl groups excluding tert-OH is 3. The van der Waals surface area contributed by atoms with Crippen molar-refractivity contribution >= 4 is 75.1 Å². The van der Waals surface area contributed by atoms with Crippen molar-refractivity contribution in [3.63, 3.8) is 0 Å². The summed E-state index contributed by atoms with van der Waals surface area (Å²) in [5, 5.41) is 45.1. The molecule has 0 saturated carbocycles. The van der Waals surface area contributed by atoms with Gasteiger partial charge in [0.1, 0.15) is 36.3 Å². The number of carboxylic acid groups (broad SMARTS) is 1. The van der Waals surface area contributed by atoms with Gasteiger partial charge < -0.3 is 61.1 Å². The van der Waals surface area contributed by atoms with Crippen LogP contribution >= 0.6 is 35.2 Å². The summed E-state index contributed by atoms with van der Waals surface area (Å²) in [4.78, 5) is 98.8. The van der Waals surface area contributed by atoms with E-state index >= 15 is 0 Å². The summed E-state index contributed by atoms with van der Waals surface area (Å²) in [5.41, 5.74) is 4.23. The number of nitrogen functional groups attached to an aromatic ring is 1. The summed E-state index contributed by atoms with van der Waals surface area (Å²) in [7, 11) is -16.5. The first-order valence-corrected chi connectivity index (χ1v) is 27.3. The molecule has 0 bridgehead atoms. The molecule has 0 spiro atoms. The van der Waals surface area contributed by atoms with Gasteiger partial charge in [0.15, 0.2) is 22.8 Å². The number of carbonyl (C=O) groups is 4. The highest BCUT2D eigenvalue weighted by molar-refractivity contribution is 8.13. The highest BCUT2D eigenvalue weighted by atomic mass is 32.2. The third kappa shape index (κ3) is 21.5. The number of nitrogens with one attached hydrogen (secondary N) is 2. The van der Waals surface area contributed by atoms with Gasteiger partial charge in [-0.3, -0.25) is 37.3 Å². The molecule has 2 aromatic rings. The summed E-state index contributed by atoms with van der Waals surface area (Å²) in [6.07, 6.45) is 2.82. The molecule has 388 valence electrons. The maximum atomic E-state index is 12.7. The SMILES string of the molecule is CC(C)(COP(=O)(O)OP(=O)(O)OC[C@H]1O[C@@H](n2cnc3c(N)ncnc32)[C@H](O)[C@@H]1OP(=O)(O)O)[C@@H](O)C(=O)NCCC(=O)NCCSC(=O)C[C@H](O)CCCCCCCCCCCCC(=O)O. The van der Waals surface area contributed by atoms with Gasteiger partial charge in [-0.2, -0.15) is 4.31 Å². The number of hydrogen-bond donors (Lipinski definition) is 11. The normalized spacial score (nSPS) is 20.4. The van der Waals surface area contributed by atoms with E-state index in [4.69, 9.17) is 24.6 Å². The molecule has 1 aliphatic rings. The monoisotopic (exact) mass is 1050 g/mol. The average molecular weight is 1050 g/mol. The van der Waals surface area contributed by atoms with Crippen LogP contribution in [0.3, 0.4) is 0 Å². The summed E-state index contributed by atoms with van der Waals surface area (Å²) in [5.74, 6) is -2.04. The van der Waals surface area contributed by atoms with Crippen LogP contribution in [0.5, 0.6) is 0 Å². The molecule has 0 aromatic carbocycles. The Kier molecular flexibility index (Phi) is 24.5. The number of unbranched alkanes of at least 4 members (excludes halogenated alkanes) is 9. The predicted octanol–water partition coefficient (Wildman–Crippen LogP) is 2.18. The van der Waals surface area contributed by atoms with Crippen LogP contribution in [-0.2, 0) is 55.5 Å². The van der Waals surface area contributed by atoms with Gasteiger partial charge in [-0.25, -0.2) is 28.6 Å². The molecular weight excluding hydrogens is 987 g/mol. The number of nitrogens with zero attached hydrogens (tertiary/aromatic N) is 4. The Morgan fingerprint density at radius 2 is 1.50 bits per heavy atom. The van der Waals surface area contributed by atoms with Gasteiger partial charge in [0, 0.05) is 43.5 Å². The van der Waals surface area contributed by atoms with E-state index in [0.717, 1.165) is 86.8 Å². The Morgan fingerprint density at radius 1 is 0.882 bits per heavy atom. The second-order valence-electron chi connectivity index (χ2n) is 16.6. The third-order valence-electron chi connectivity index (χ3n) is 10.3. The number of thioether (sulfide) groups is 1. The van der Waals surface area contributed by atoms with Gasteiger partial charge in [-0.15, -0.1) is 0 Å². The number of aromatic nitrogens is 4. The first kappa shape index (κ1) is 59.3. The topological polar surface area (TPSA) is 421 Å². The van der Waals surface area contributed by atoms with Crippen LogP contribution in [0.15, 0.2) is 12.7 Å². The van der Waals surface area contributed by atoms with Gasteiger partial charge in [0.05, 0.1) is 25.6 Å². The molecule has 2 aromatic heterocycles. The standard InChI is InChI=1S/C37H64N7O20P3S/c1-37(2,32(51)35(52)40-16-15-26(46)39-17-18-68-28(49)19-24(45)13-11-9-7-5-3-4-6-8-10-12-14-27(47)48)21-61-67(58,59)64-66(56,57)60-20-25-31(63-65(53,54)55)30(50)36(62-25)44-23-43-29-33(38)41-22-42-34(29)44/h22-25,30-32,36,45,50-51H,3-21H2,1-2H3,(H,39,46)(H,40,52)(H,47,48)(H,56,57)(H,58,59)(H2,38,41,42)(H2,53,54,55)/t24-,25-,30-,31-,32+,36-/m1/s1. The van der Waals surface area contributed by atoms with E-state index in [1.807, 2.05) is 0 Å². The quantitative estimate of drug-likeness (QED) is 0.0353. The van der Waals surface area contributed by atoms with Gasteiger partial charge in [0.2, 0.25) is 11.8 Å². The van der Waals surface area contributed by atoms with E-state index in [1.165, 1.54) is 13.8 Å². The van der Waals surface area contributed by atoms with Gasteiger partial charge in [0.25, 0.3) is 0 Å². The minimum atomic E-state index is -5.60. The lowest BCUT2D eigenvalue weighted by atomic mass is 9.87. The number of carboxylic acids is 1. The number of ether oxygens (including phenoxy) is 1. The minimum absolute atomic E-state index is 0.0115. The Labute approximate surface area is 396 Å². The van der Waals surface area contributed by atoms with Crippen LogP contribution in [0.4, 0.5) is 5.82 Å². The van der Waals surface area contributed by atoms with Crippen molar-refractivity contribution in [1.82, 2.24) is 30.2 Å². The Morgan fingerprint density at radius 3 is 2.13 bits per heavy atom. The number of phosphoric ester groups is 3. The van der Waals surface area contributed by atoms with Crippen LogP contribution in [0.1, 0.15) is 110 Å². The Bertz CT molecular complexity index is 2100. The fourth-order valence-corrected chi connectivity index (χ4v) is 10.3. The van der Waals surface area contributed by atoms with Gasteiger partial charge in [-0.05, 0) is 12.8 Å². The summed E-state index contributed by atoms with van der Waals surface area (Å²) in [6, 6.07) is 0. The number of fused-ring (bicyclic) bond motifs is 1. The zero-order chi connectivity index (χ0) is 50.7. The fourth-order valence-electron chi connectivity index (χ4n) is 6.72. The van der Waals surface area contributed by atoms with Crippen molar-refractivity contribution in [2.45, 2.75) is 140 Å². The molecule has 0 radical (unpaired) electrons. The van der Waals surface area contributed by atoms with Crippen LogP contribution in [0, 0.1) is 5.41 Å². The first-order chi connectivity index (χ1) is 31.8. The van der Waals surface area contributed by atoms with E-state index in [-0.39, 0.29) is 60.2 Å². The maximum absolute atomic E-state index is 12.7. The van der Waals surface area contributed by atoms with E-state index in [9.17, 15) is 67.8 Å². The number of nitrogens with two attached hydrogens (primary N) is 1. The number of rotatable bonds is 34. The molecule has 1 saturated heterocycles. The van der Waals surface area contributed by atoms with E-state index < -0.39 is 96.6 Å². The van der Waals surface area contributed by atoms with Gasteiger partial charge in [-0.1, -0.05) is 83.4 Å². The van der Waals surface area contributed by atoms with Crippen LogP contribution in [0.2, 0.25) is 0 Å². The van der Waals surface area contributed by atoms with Crippen LogP contribution < -0.4 is 16.4 Å². The van der Waals surface area contributed by atoms with Gasteiger partial charge >= 0.3 is 29.4 Å². The number of anilines is 1. The highest BCUT2D eigenvalue weighted by Crippen LogP contribution is 2.61. The van der Waals surface area contributed by atoms with Crippen molar-refractivity contribution in [1.29, 1.82) is 0 Å². The molecule has 3 heterocycles. The zero-order valence-corrected chi connectivity index (χ0v) is 41.1. The predicted molar refractivity (Wildman–Crippen MR) is 241 cm³/mol. The molecule has 1 aliphatic heterocycles. The molecule has 1 fully saturated rings. The fraction of sp³-hybridized carbons (Fsp3) is 0.757. The largest absolute Gasteiger partial charge is 0.481 e. The highest BCUT2D eigenvalue weighted by Gasteiger charge is 2.50. The van der Waals surface area contributed by atoms with Crippen molar-refractivity contribution in [2.24, 2.45) is 5.41 Å². The average Bonchev–Trinajstić information content (AvgIpc) is 3.80. The summed E-state index contributed by atoms with van der Waals surface area (Å²) in [6.45, 7) is 0.323. The lowest BCUT2D eigenvalue weighted by Gasteiger charge is -2.30. The number of hydrogen-bond acceptors (Lipinski definition) is 20. The molecule has 2 amide bonds. The Hall–Kier alpha value is -3.01. The van der Waals surface area contributed by atoms with Crippen molar-refractivity contribution in [3.8, 4) is 0 Å². The second-order valence-corrected chi connectivity index (χ2v) is 22.0. The zero-order valence-electron chi connectivity index (χ0n) is 37.6. The molecule has 3 rings (SSSR count). The molecular formula is C37H64N7O20P3S. The Balaban J connectivity index is 1.31. The minimum Gasteiger partial charge on any atom is -0.481 e. The molecule has 12 N–H and O–H groups in total. The lowest BCUT2D eigenvalue weighted by Crippen LogP contribution is -2.46. The summed E-state index contributed by atoms with van der Waals surface area (Å²) < 4.78 is 62.3. The van der Waals surface area contributed by atoms with Crippen molar-refractivity contribution in [3.05, 3.63) is 12.7 Å². The molecule has 8 atom stereocenters. The lowest BCUT2D eigenvalue weighted by molar-refractivity contribution is -0.137. The van der Waals surface area contributed by atoms with Crippen molar-refractivity contribution < 1.29 is 95.5 Å². The smallest absolute Gasteiger partial charge is 0.481 e. The molecule has 31 heteroatoms. The molecule has 0 aliphatic carbocycles. The number of imidazole rings is 1. The molecule has 27 nitrogen and oxygen atoms in total. The molecule has 68 heavy (non-hydrogen) atoms. The van der Waals surface area contributed by atoms with E-state index in [1.54, 1.807) is 0 Å². The van der Waals surface area contributed by atoms with E-state index in [2.05, 4.69) is 34.4 Å². The number of aliphatic hydroxyl groups is 3. The van der Waals surface area contributed by atoms with E-state index in [0.29, 0.717) is 12.8 Å². The number of phosphoric acid groups is 3. The first-order valence-electron chi connectivity index (χ1n) is 21.8. The van der Waals surface area contributed by atoms with Crippen LogP contribution in [0.25, 0.3) is 11.2 Å². The summed E-state index contributed by atoms with van der Waals surface area (Å²) >= 11 is 0.971. The van der Waals surface area contributed by atoms with Crippen LogP contribution in [-0.4, -0.2) is 145 Å². The maximum Gasteiger partial charge on any atom is 0.481 e. The number of carbonyl (C=O) groups excluding carboxylic acids is 3. The third-order valence-corrected chi connectivity index (χ3v) is 14.3.